The van der Waals surface area contributed by atoms with Crippen LogP contribution in [0.5, 0.6) is 0 Å². The minimum Gasteiger partial charge on any atom is -0.379 e. The Morgan fingerprint density at radius 1 is 1.23 bits per heavy atom. The van der Waals surface area contributed by atoms with Crippen molar-refractivity contribution in [3.05, 3.63) is 0 Å². The lowest BCUT2D eigenvalue weighted by Crippen LogP contribution is -2.46. The molecule has 0 amide bonds. The van der Waals surface area contributed by atoms with Crippen LogP contribution in [-0.4, -0.2) is 43.0 Å². The van der Waals surface area contributed by atoms with Gasteiger partial charge in [-0.25, -0.2) is 0 Å². The van der Waals surface area contributed by atoms with E-state index >= 15 is 0 Å². The second-order valence-corrected chi connectivity index (χ2v) is 3.88. The van der Waals surface area contributed by atoms with Gasteiger partial charge < -0.3 is 4.74 Å². The number of morpholine rings is 1. The molecular formula is C10H19NO2. The third-order valence-electron chi connectivity index (χ3n) is 2.57. The van der Waals surface area contributed by atoms with E-state index in [1.54, 1.807) is 0 Å². The Labute approximate surface area is 80.1 Å². The number of ether oxygens (including phenoxy) is 1. The summed E-state index contributed by atoms with van der Waals surface area (Å²) in [7, 11) is 0. The van der Waals surface area contributed by atoms with Crippen LogP contribution in [0.25, 0.3) is 0 Å². The molecule has 1 atom stereocenters. The van der Waals surface area contributed by atoms with E-state index < -0.39 is 0 Å². The van der Waals surface area contributed by atoms with Gasteiger partial charge in [0.15, 0.2) is 5.78 Å². The monoisotopic (exact) mass is 185 g/mol. The van der Waals surface area contributed by atoms with Crippen LogP contribution in [-0.2, 0) is 9.53 Å². The number of ketones is 1. The van der Waals surface area contributed by atoms with Crippen LogP contribution >= 0.6 is 0 Å². The molecule has 1 fully saturated rings. The summed E-state index contributed by atoms with van der Waals surface area (Å²) in [4.78, 5) is 13.9. The Hall–Kier alpha value is -0.410. The first-order valence-electron chi connectivity index (χ1n) is 4.98. The summed E-state index contributed by atoms with van der Waals surface area (Å²) in [5.74, 6) is 0.472. The second kappa shape index (κ2) is 4.72. The fraction of sp³-hybridized carbons (Fsp3) is 0.900. The minimum absolute atomic E-state index is 0.0592. The van der Waals surface area contributed by atoms with Crippen molar-refractivity contribution in [1.29, 1.82) is 0 Å². The molecule has 0 aromatic carbocycles. The molecule has 1 rings (SSSR count). The van der Waals surface area contributed by atoms with Crippen LogP contribution in [0, 0.1) is 5.92 Å². The average Bonchev–Trinajstić information content (AvgIpc) is 2.17. The fourth-order valence-electron chi connectivity index (χ4n) is 1.63. The fourth-order valence-corrected chi connectivity index (χ4v) is 1.63. The van der Waals surface area contributed by atoms with Crippen molar-refractivity contribution in [3.63, 3.8) is 0 Å². The summed E-state index contributed by atoms with van der Waals surface area (Å²) in [6.45, 7) is 9.21. The lowest BCUT2D eigenvalue weighted by atomic mass is 10.0. The Morgan fingerprint density at radius 3 is 2.23 bits per heavy atom. The zero-order valence-electron chi connectivity index (χ0n) is 8.75. The van der Waals surface area contributed by atoms with Crippen molar-refractivity contribution in [2.24, 2.45) is 5.92 Å². The Kier molecular flexibility index (Phi) is 3.88. The summed E-state index contributed by atoms with van der Waals surface area (Å²) in [6, 6.07) is 0.0592. The van der Waals surface area contributed by atoms with Crippen LogP contribution in [0.3, 0.4) is 0 Å². The first-order chi connectivity index (χ1) is 6.13. The Morgan fingerprint density at radius 2 is 1.77 bits per heavy atom. The van der Waals surface area contributed by atoms with E-state index in [1.807, 2.05) is 20.8 Å². The molecule has 1 heterocycles. The summed E-state index contributed by atoms with van der Waals surface area (Å²) in [5, 5.41) is 0. The number of rotatable bonds is 3. The molecule has 0 saturated carbocycles. The van der Waals surface area contributed by atoms with Crippen molar-refractivity contribution >= 4 is 5.78 Å². The molecule has 1 saturated heterocycles. The van der Waals surface area contributed by atoms with Crippen LogP contribution in [0.4, 0.5) is 0 Å². The SMILES string of the molecule is CC(C)C(=O)C(C)N1CCOCC1. The molecule has 1 aliphatic heterocycles. The van der Waals surface area contributed by atoms with Gasteiger partial charge in [0.05, 0.1) is 19.3 Å². The molecule has 0 aromatic heterocycles. The van der Waals surface area contributed by atoms with Gasteiger partial charge in [-0.05, 0) is 6.92 Å². The molecule has 0 radical (unpaired) electrons. The third-order valence-corrected chi connectivity index (χ3v) is 2.57. The van der Waals surface area contributed by atoms with E-state index in [9.17, 15) is 4.79 Å². The second-order valence-electron chi connectivity index (χ2n) is 3.88. The summed E-state index contributed by atoms with van der Waals surface area (Å²) in [5.41, 5.74) is 0. The summed E-state index contributed by atoms with van der Waals surface area (Å²) in [6.07, 6.45) is 0. The highest BCUT2D eigenvalue weighted by molar-refractivity contribution is 5.85. The Bertz CT molecular complexity index is 174. The van der Waals surface area contributed by atoms with Crippen LogP contribution in [0.15, 0.2) is 0 Å². The molecule has 3 nitrogen and oxygen atoms in total. The number of hydrogen-bond acceptors (Lipinski definition) is 3. The highest BCUT2D eigenvalue weighted by Crippen LogP contribution is 2.09. The van der Waals surface area contributed by atoms with E-state index in [1.165, 1.54) is 0 Å². The van der Waals surface area contributed by atoms with Crippen molar-refractivity contribution in [2.45, 2.75) is 26.8 Å². The minimum atomic E-state index is 0.0592. The van der Waals surface area contributed by atoms with Gasteiger partial charge in [0.1, 0.15) is 0 Å². The highest BCUT2D eigenvalue weighted by Gasteiger charge is 2.24. The molecule has 0 bridgehead atoms. The van der Waals surface area contributed by atoms with E-state index in [2.05, 4.69) is 4.90 Å². The Balaban J connectivity index is 2.45. The zero-order valence-corrected chi connectivity index (χ0v) is 8.75. The molecule has 1 unspecified atom stereocenters. The molecule has 76 valence electrons. The maximum Gasteiger partial charge on any atom is 0.152 e. The van der Waals surface area contributed by atoms with Crippen LogP contribution in [0.1, 0.15) is 20.8 Å². The quantitative estimate of drug-likeness (QED) is 0.655. The molecule has 13 heavy (non-hydrogen) atoms. The smallest absolute Gasteiger partial charge is 0.152 e. The van der Waals surface area contributed by atoms with Crippen molar-refractivity contribution in [2.75, 3.05) is 26.3 Å². The van der Waals surface area contributed by atoms with E-state index in [4.69, 9.17) is 4.74 Å². The van der Waals surface area contributed by atoms with Gasteiger partial charge in [0.25, 0.3) is 0 Å². The van der Waals surface area contributed by atoms with Gasteiger partial charge in [0, 0.05) is 19.0 Å². The van der Waals surface area contributed by atoms with E-state index in [-0.39, 0.29) is 12.0 Å². The normalized spacial score (nSPS) is 21.8. The van der Waals surface area contributed by atoms with Gasteiger partial charge in [-0.1, -0.05) is 13.8 Å². The zero-order chi connectivity index (χ0) is 9.84. The van der Waals surface area contributed by atoms with E-state index in [0.717, 1.165) is 26.3 Å². The first-order valence-corrected chi connectivity index (χ1v) is 4.98. The maximum absolute atomic E-state index is 11.7. The predicted octanol–water partition coefficient (Wildman–Crippen LogP) is 0.932. The molecular weight excluding hydrogens is 166 g/mol. The molecule has 1 aliphatic rings. The number of hydrogen-bond donors (Lipinski definition) is 0. The van der Waals surface area contributed by atoms with Crippen molar-refractivity contribution < 1.29 is 9.53 Å². The van der Waals surface area contributed by atoms with Gasteiger partial charge in [-0.3, -0.25) is 9.69 Å². The molecule has 0 aliphatic carbocycles. The van der Waals surface area contributed by atoms with Crippen molar-refractivity contribution in [3.8, 4) is 0 Å². The summed E-state index contributed by atoms with van der Waals surface area (Å²) < 4.78 is 5.24. The molecule has 0 spiro atoms. The van der Waals surface area contributed by atoms with Crippen LogP contribution < -0.4 is 0 Å². The number of nitrogens with zero attached hydrogens (tertiary/aromatic N) is 1. The highest BCUT2D eigenvalue weighted by atomic mass is 16.5. The number of carbonyl (C=O) groups is 1. The first kappa shape index (κ1) is 10.7. The average molecular weight is 185 g/mol. The molecule has 3 heteroatoms. The third kappa shape index (κ3) is 2.78. The van der Waals surface area contributed by atoms with Gasteiger partial charge in [0.2, 0.25) is 0 Å². The largest absolute Gasteiger partial charge is 0.379 e. The number of Topliss-reactive ketones (excluding diaryl/α,β-unsaturated/α-hetero) is 1. The standard InChI is InChI=1S/C10H19NO2/c1-8(2)10(12)9(3)11-4-6-13-7-5-11/h8-9H,4-7H2,1-3H3. The lowest BCUT2D eigenvalue weighted by molar-refractivity contribution is -0.128. The topological polar surface area (TPSA) is 29.5 Å². The van der Waals surface area contributed by atoms with Gasteiger partial charge >= 0.3 is 0 Å². The lowest BCUT2D eigenvalue weighted by Gasteiger charge is -2.32. The maximum atomic E-state index is 11.7. The number of carbonyl (C=O) groups excluding carboxylic acids is 1. The molecule has 0 N–H and O–H groups in total. The molecule has 0 aromatic rings. The van der Waals surface area contributed by atoms with Crippen LogP contribution in [0.2, 0.25) is 0 Å². The van der Waals surface area contributed by atoms with Gasteiger partial charge in [-0.2, -0.15) is 0 Å². The predicted molar refractivity (Wildman–Crippen MR) is 51.7 cm³/mol. The van der Waals surface area contributed by atoms with Crippen molar-refractivity contribution in [1.82, 2.24) is 4.90 Å². The van der Waals surface area contributed by atoms with E-state index in [0.29, 0.717) is 5.78 Å². The summed E-state index contributed by atoms with van der Waals surface area (Å²) >= 11 is 0. The van der Waals surface area contributed by atoms with Gasteiger partial charge in [-0.15, -0.1) is 0 Å².